The van der Waals surface area contributed by atoms with Gasteiger partial charge in [-0.25, -0.2) is 14.6 Å². The van der Waals surface area contributed by atoms with E-state index in [2.05, 4.69) is 4.98 Å². The first-order chi connectivity index (χ1) is 10.2. The fourth-order valence-electron chi connectivity index (χ4n) is 2.82. The first-order valence-corrected chi connectivity index (χ1v) is 7.45. The Hall–Kier alpha value is -1.82. The fourth-order valence-corrected chi connectivity index (χ4v) is 2.98. The monoisotopic (exact) mass is 324 g/mol. The molecule has 0 saturated carbocycles. The third-order valence-electron chi connectivity index (χ3n) is 3.75. The van der Waals surface area contributed by atoms with Gasteiger partial charge in [0.1, 0.15) is 10.8 Å². The Labute approximate surface area is 133 Å². The summed E-state index contributed by atoms with van der Waals surface area (Å²) in [6.07, 6.45) is 1.53. The van der Waals surface area contributed by atoms with Crippen molar-refractivity contribution in [1.29, 1.82) is 0 Å². The van der Waals surface area contributed by atoms with Crippen LogP contribution in [0.15, 0.2) is 12.3 Å². The molecule has 0 radical (unpaired) electrons. The highest BCUT2D eigenvalue weighted by molar-refractivity contribution is 6.29. The molecule has 1 spiro atoms. The SMILES string of the molecule is CC(C)(C)OC(=O)N1CCC2(C1)OC(=O)c1cnc(Cl)cc12. The second-order valence-electron chi connectivity index (χ2n) is 6.59. The summed E-state index contributed by atoms with van der Waals surface area (Å²) < 4.78 is 10.9. The Morgan fingerprint density at radius 1 is 1.50 bits per heavy atom. The van der Waals surface area contributed by atoms with Gasteiger partial charge in [0.25, 0.3) is 0 Å². The molecule has 0 aliphatic carbocycles. The topological polar surface area (TPSA) is 68.7 Å². The number of ether oxygens (including phenoxy) is 2. The second-order valence-corrected chi connectivity index (χ2v) is 6.98. The zero-order valence-corrected chi connectivity index (χ0v) is 13.4. The van der Waals surface area contributed by atoms with Gasteiger partial charge in [-0.15, -0.1) is 0 Å². The average molecular weight is 325 g/mol. The summed E-state index contributed by atoms with van der Waals surface area (Å²) >= 11 is 5.94. The van der Waals surface area contributed by atoms with Crippen LogP contribution in [0.1, 0.15) is 43.1 Å². The molecule has 7 heteroatoms. The molecule has 1 unspecified atom stereocenters. The van der Waals surface area contributed by atoms with E-state index in [1.54, 1.807) is 11.0 Å². The number of halogens is 1. The third-order valence-corrected chi connectivity index (χ3v) is 3.96. The normalized spacial score (nSPS) is 23.6. The van der Waals surface area contributed by atoms with Crippen LogP contribution in [0.4, 0.5) is 4.79 Å². The van der Waals surface area contributed by atoms with E-state index in [1.165, 1.54) is 6.20 Å². The molecule has 6 nitrogen and oxygen atoms in total. The molecule has 1 saturated heterocycles. The zero-order valence-electron chi connectivity index (χ0n) is 12.7. The van der Waals surface area contributed by atoms with Gasteiger partial charge in [-0.2, -0.15) is 0 Å². The summed E-state index contributed by atoms with van der Waals surface area (Å²) in [5, 5.41) is 0.298. The molecule has 118 valence electrons. The van der Waals surface area contributed by atoms with Gasteiger partial charge in [-0.05, 0) is 26.8 Å². The number of fused-ring (bicyclic) bond motifs is 2. The van der Waals surface area contributed by atoms with E-state index < -0.39 is 23.3 Å². The van der Waals surface area contributed by atoms with E-state index in [0.717, 1.165) is 0 Å². The van der Waals surface area contributed by atoms with E-state index in [9.17, 15) is 9.59 Å². The quantitative estimate of drug-likeness (QED) is 0.542. The molecular formula is C15H17ClN2O4. The Morgan fingerprint density at radius 2 is 2.23 bits per heavy atom. The van der Waals surface area contributed by atoms with Crippen LogP contribution in [0.5, 0.6) is 0 Å². The van der Waals surface area contributed by atoms with Crippen LogP contribution < -0.4 is 0 Å². The molecular weight excluding hydrogens is 308 g/mol. The lowest BCUT2D eigenvalue weighted by molar-refractivity contribution is -0.00875. The fraction of sp³-hybridized carbons (Fsp3) is 0.533. The van der Waals surface area contributed by atoms with E-state index in [0.29, 0.717) is 29.2 Å². The zero-order chi connectivity index (χ0) is 16.1. The maximum Gasteiger partial charge on any atom is 0.410 e. The highest BCUT2D eigenvalue weighted by atomic mass is 35.5. The number of carbonyl (C=O) groups excluding carboxylic acids is 2. The highest BCUT2D eigenvalue weighted by Gasteiger charge is 2.52. The minimum Gasteiger partial charge on any atom is -0.449 e. The van der Waals surface area contributed by atoms with Gasteiger partial charge >= 0.3 is 12.1 Å². The minimum atomic E-state index is -0.837. The van der Waals surface area contributed by atoms with Gasteiger partial charge < -0.3 is 14.4 Å². The number of rotatable bonds is 0. The lowest BCUT2D eigenvalue weighted by atomic mass is 9.93. The largest absolute Gasteiger partial charge is 0.449 e. The van der Waals surface area contributed by atoms with Crippen molar-refractivity contribution in [3.63, 3.8) is 0 Å². The Balaban J connectivity index is 1.85. The molecule has 1 atom stereocenters. The van der Waals surface area contributed by atoms with Gasteiger partial charge in [0, 0.05) is 24.7 Å². The number of pyridine rings is 1. The average Bonchev–Trinajstić information content (AvgIpc) is 2.92. The van der Waals surface area contributed by atoms with Crippen LogP contribution in [0.2, 0.25) is 5.15 Å². The summed E-state index contributed by atoms with van der Waals surface area (Å²) in [4.78, 5) is 29.7. The van der Waals surface area contributed by atoms with Crippen LogP contribution in [0.25, 0.3) is 0 Å². The molecule has 0 bridgehead atoms. The summed E-state index contributed by atoms with van der Waals surface area (Å²) in [5.74, 6) is -0.426. The number of esters is 1. The van der Waals surface area contributed by atoms with E-state index in [1.807, 2.05) is 20.8 Å². The molecule has 0 N–H and O–H groups in total. The Bertz CT molecular complexity index is 655. The lowest BCUT2D eigenvalue weighted by Crippen LogP contribution is -2.38. The molecule has 3 heterocycles. The first-order valence-electron chi connectivity index (χ1n) is 7.07. The predicted octanol–water partition coefficient (Wildman–Crippen LogP) is 2.74. The van der Waals surface area contributed by atoms with E-state index >= 15 is 0 Å². The lowest BCUT2D eigenvalue weighted by Gasteiger charge is -2.26. The summed E-state index contributed by atoms with van der Waals surface area (Å²) in [6.45, 7) is 6.16. The summed E-state index contributed by atoms with van der Waals surface area (Å²) in [6, 6.07) is 1.64. The number of likely N-dealkylation sites (tertiary alicyclic amines) is 1. The molecule has 0 aromatic carbocycles. The first kappa shape index (κ1) is 15.1. The van der Waals surface area contributed by atoms with Crippen LogP contribution in [0.3, 0.4) is 0 Å². The maximum absolute atomic E-state index is 12.2. The third kappa shape index (κ3) is 2.52. The van der Waals surface area contributed by atoms with Gasteiger partial charge in [0.15, 0.2) is 5.60 Å². The van der Waals surface area contributed by atoms with Gasteiger partial charge in [0.2, 0.25) is 0 Å². The Morgan fingerprint density at radius 3 is 2.91 bits per heavy atom. The van der Waals surface area contributed by atoms with Crippen LogP contribution in [-0.4, -0.2) is 40.6 Å². The van der Waals surface area contributed by atoms with Crippen molar-refractivity contribution in [2.75, 3.05) is 13.1 Å². The van der Waals surface area contributed by atoms with Gasteiger partial charge in [-0.1, -0.05) is 11.6 Å². The van der Waals surface area contributed by atoms with Gasteiger partial charge in [-0.3, -0.25) is 0 Å². The van der Waals surface area contributed by atoms with Crippen LogP contribution in [-0.2, 0) is 15.1 Å². The second kappa shape index (κ2) is 4.84. The molecule has 22 heavy (non-hydrogen) atoms. The molecule has 3 rings (SSSR count). The molecule has 1 aromatic heterocycles. The van der Waals surface area contributed by atoms with E-state index in [-0.39, 0.29) is 6.54 Å². The predicted molar refractivity (Wildman–Crippen MR) is 78.8 cm³/mol. The van der Waals surface area contributed by atoms with E-state index in [4.69, 9.17) is 21.1 Å². The van der Waals surface area contributed by atoms with Crippen molar-refractivity contribution in [3.05, 3.63) is 28.5 Å². The van der Waals surface area contributed by atoms with Crippen molar-refractivity contribution >= 4 is 23.7 Å². The van der Waals surface area contributed by atoms with Crippen LogP contribution >= 0.6 is 11.6 Å². The molecule has 2 aliphatic rings. The van der Waals surface area contributed by atoms with Crippen molar-refractivity contribution in [1.82, 2.24) is 9.88 Å². The maximum atomic E-state index is 12.2. The van der Waals surface area contributed by atoms with Crippen molar-refractivity contribution in [2.45, 2.75) is 38.4 Å². The number of amides is 1. The minimum absolute atomic E-state index is 0.265. The standard InChI is InChI=1S/C15H17ClN2O4/c1-14(2,3)22-13(20)18-5-4-15(8-18)10-6-11(16)17-7-9(10)12(19)21-15/h6-7H,4-5,8H2,1-3H3. The summed E-state index contributed by atoms with van der Waals surface area (Å²) in [7, 11) is 0. The number of carbonyl (C=O) groups is 2. The number of hydrogen-bond acceptors (Lipinski definition) is 5. The number of aromatic nitrogens is 1. The van der Waals surface area contributed by atoms with Crippen molar-refractivity contribution < 1.29 is 19.1 Å². The summed E-state index contributed by atoms with van der Waals surface area (Å²) in [5.41, 5.74) is -0.292. The highest BCUT2D eigenvalue weighted by Crippen LogP contribution is 2.44. The molecule has 2 aliphatic heterocycles. The molecule has 1 amide bonds. The van der Waals surface area contributed by atoms with Crippen molar-refractivity contribution in [2.24, 2.45) is 0 Å². The number of nitrogens with zero attached hydrogens (tertiary/aromatic N) is 2. The smallest absolute Gasteiger partial charge is 0.410 e. The molecule has 1 fully saturated rings. The van der Waals surface area contributed by atoms with Gasteiger partial charge in [0.05, 0.1) is 12.1 Å². The Kier molecular flexibility index (Phi) is 3.32. The van der Waals surface area contributed by atoms with Crippen molar-refractivity contribution in [3.8, 4) is 0 Å². The molecule has 1 aromatic rings. The van der Waals surface area contributed by atoms with Crippen LogP contribution in [0, 0.1) is 0 Å². The number of hydrogen-bond donors (Lipinski definition) is 0.